The molecule has 0 saturated carbocycles. The number of piperidine rings is 1. The topological polar surface area (TPSA) is 26.8 Å². The van der Waals surface area contributed by atoms with Crippen LogP contribution in [0, 0.1) is 0 Å². The van der Waals surface area contributed by atoms with Gasteiger partial charge >= 0.3 is 0 Å². The van der Waals surface area contributed by atoms with Crippen LogP contribution in [-0.4, -0.2) is 73.0 Å². The number of carbonyl (C=O) groups is 1. The van der Waals surface area contributed by atoms with E-state index in [4.69, 9.17) is 23.2 Å². The van der Waals surface area contributed by atoms with E-state index in [1.54, 1.807) is 12.1 Å². The van der Waals surface area contributed by atoms with Gasteiger partial charge in [0.1, 0.15) is 0 Å². The van der Waals surface area contributed by atoms with Gasteiger partial charge in [-0.25, -0.2) is 0 Å². The zero-order chi connectivity index (χ0) is 16.6. The van der Waals surface area contributed by atoms with Crippen molar-refractivity contribution in [3.63, 3.8) is 0 Å². The number of nitrogens with zero attached hydrogens (tertiary/aromatic N) is 3. The van der Waals surface area contributed by atoms with E-state index in [0.717, 1.165) is 38.2 Å². The summed E-state index contributed by atoms with van der Waals surface area (Å²) in [7, 11) is 4.22. The average Bonchev–Trinajstić information content (AvgIpc) is 2.51. The second kappa shape index (κ2) is 6.98. The van der Waals surface area contributed by atoms with Crippen molar-refractivity contribution in [2.24, 2.45) is 0 Å². The van der Waals surface area contributed by atoms with Gasteiger partial charge in [0.05, 0.1) is 22.5 Å². The van der Waals surface area contributed by atoms with Crippen molar-refractivity contribution < 1.29 is 4.79 Å². The summed E-state index contributed by atoms with van der Waals surface area (Å²) < 4.78 is 0. The van der Waals surface area contributed by atoms with Crippen molar-refractivity contribution in [2.45, 2.75) is 24.9 Å². The number of benzene rings is 1. The number of carbonyl (C=O) groups excluding carboxylic acids is 1. The molecule has 1 amide bonds. The standard InChI is InChI=1S/C17H23Cl2N3O/c1-20(2)15-5-6-21-7-8-22(16(15)11-21)17(23)10-12-3-4-13(18)14(19)9-12/h3-4,9,15-16H,5-8,10-11H2,1-2H3/t15-,16+/m0/s1. The first-order chi connectivity index (χ1) is 11.0. The second-order valence-electron chi connectivity index (χ2n) is 6.70. The molecule has 23 heavy (non-hydrogen) atoms. The molecule has 2 fully saturated rings. The lowest BCUT2D eigenvalue weighted by atomic mass is 9.93. The molecule has 3 atom stereocenters. The van der Waals surface area contributed by atoms with Crippen LogP contribution >= 0.6 is 23.2 Å². The molecular formula is C17H23Cl2N3O. The van der Waals surface area contributed by atoms with Crippen molar-refractivity contribution in [1.82, 2.24) is 14.7 Å². The van der Waals surface area contributed by atoms with Gasteiger partial charge in [0.25, 0.3) is 0 Å². The number of likely N-dealkylation sites (N-methyl/N-ethyl adjacent to an activating group) is 1. The third-order valence-electron chi connectivity index (χ3n) is 5.01. The molecule has 1 aromatic carbocycles. The minimum absolute atomic E-state index is 0.182. The Morgan fingerprint density at radius 3 is 2.70 bits per heavy atom. The van der Waals surface area contributed by atoms with Gasteiger partial charge in [0.2, 0.25) is 5.91 Å². The van der Waals surface area contributed by atoms with Gasteiger partial charge in [-0.05, 0) is 44.8 Å². The molecule has 4 nitrogen and oxygen atoms in total. The highest BCUT2D eigenvalue weighted by Gasteiger charge is 2.39. The van der Waals surface area contributed by atoms with Crippen LogP contribution in [0.25, 0.3) is 0 Å². The quantitative estimate of drug-likeness (QED) is 0.832. The van der Waals surface area contributed by atoms with Gasteiger partial charge in [-0.15, -0.1) is 0 Å². The maximum Gasteiger partial charge on any atom is 0.227 e. The first-order valence-corrected chi connectivity index (χ1v) is 8.83. The molecule has 0 aliphatic carbocycles. The number of fused-ring (bicyclic) bond motifs is 2. The fourth-order valence-corrected chi connectivity index (χ4v) is 4.07. The Morgan fingerprint density at radius 2 is 2.00 bits per heavy atom. The van der Waals surface area contributed by atoms with Gasteiger partial charge in [-0.3, -0.25) is 9.69 Å². The molecule has 2 bridgehead atoms. The number of piperazine rings is 1. The molecule has 1 unspecified atom stereocenters. The summed E-state index contributed by atoms with van der Waals surface area (Å²) >= 11 is 12.0. The first kappa shape index (κ1) is 17.0. The molecule has 2 aliphatic heterocycles. The lowest BCUT2D eigenvalue weighted by Crippen LogP contribution is -2.65. The average molecular weight is 356 g/mol. The highest BCUT2D eigenvalue weighted by molar-refractivity contribution is 6.42. The molecule has 126 valence electrons. The molecule has 0 spiro atoms. The van der Waals surface area contributed by atoms with Crippen molar-refractivity contribution >= 4 is 29.1 Å². The third-order valence-corrected chi connectivity index (χ3v) is 5.75. The minimum Gasteiger partial charge on any atom is -0.335 e. The summed E-state index contributed by atoms with van der Waals surface area (Å²) in [5, 5.41) is 1.03. The lowest BCUT2D eigenvalue weighted by molar-refractivity contribution is -0.139. The van der Waals surface area contributed by atoms with Crippen molar-refractivity contribution in [1.29, 1.82) is 0 Å². The fraction of sp³-hybridized carbons (Fsp3) is 0.588. The first-order valence-electron chi connectivity index (χ1n) is 8.08. The van der Waals surface area contributed by atoms with E-state index in [9.17, 15) is 4.79 Å². The predicted molar refractivity (Wildman–Crippen MR) is 94.2 cm³/mol. The second-order valence-corrected chi connectivity index (χ2v) is 7.51. The Labute approximate surface area is 147 Å². The number of rotatable bonds is 3. The molecule has 6 heteroatoms. The van der Waals surface area contributed by atoms with Crippen LogP contribution in [0.2, 0.25) is 10.0 Å². The Morgan fingerprint density at radius 1 is 1.22 bits per heavy atom. The molecule has 1 aromatic rings. The van der Waals surface area contributed by atoms with E-state index in [2.05, 4.69) is 28.8 Å². The number of hydrogen-bond acceptors (Lipinski definition) is 3. The van der Waals surface area contributed by atoms with Gasteiger partial charge in [0.15, 0.2) is 0 Å². The number of halogens is 2. The number of hydrogen-bond donors (Lipinski definition) is 0. The Hall–Kier alpha value is -0.810. The SMILES string of the molecule is CN(C)[C@H]1CCN2CCN(C(=O)Cc3ccc(Cl)c(Cl)c3)[C@@H]1C2. The smallest absolute Gasteiger partial charge is 0.227 e. The molecule has 0 aromatic heterocycles. The van der Waals surface area contributed by atoms with E-state index in [1.165, 1.54) is 0 Å². The van der Waals surface area contributed by atoms with E-state index >= 15 is 0 Å². The van der Waals surface area contributed by atoms with E-state index in [1.807, 2.05) is 6.07 Å². The highest BCUT2D eigenvalue weighted by atomic mass is 35.5. The fourth-order valence-electron chi connectivity index (χ4n) is 3.75. The number of amides is 1. The van der Waals surface area contributed by atoms with Gasteiger partial charge in [0, 0.05) is 25.7 Å². The maximum atomic E-state index is 12.8. The Bertz CT molecular complexity index is 593. The Kier molecular flexibility index (Phi) is 5.16. The lowest BCUT2D eigenvalue weighted by Gasteiger charge is -2.50. The third kappa shape index (κ3) is 3.66. The van der Waals surface area contributed by atoms with Crippen LogP contribution in [0.4, 0.5) is 0 Å². The summed E-state index contributed by atoms with van der Waals surface area (Å²) in [6.45, 7) is 3.91. The molecular weight excluding hydrogens is 333 g/mol. The summed E-state index contributed by atoms with van der Waals surface area (Å²) in [5.74, 6) is 0.182. The van der Waals surface area contributed by atoms with Crippen LogP contribution in [0.1, 0.15) is 12.0 Å². The molecule has 2 aliphatic rings. The van der Waals surface area contributed by atoms with Crippen molar-refractivity contribution in [3.05, 3.63) is 33.8 Å². The molecule has 2 heterocycles. The van der Waals surface area contributed by atoms with E-state index < -0.39 is 0 Å². The minimum atomic E-state index is 0.182. The predicted octanol–water partition coefficient (Wildman–Crippen LogP) is 2.38. The van der Waals surface area contributed by atoms with Crippen LogP contribution < -0.4 is 0 Å². The van der Waals surface area contributed by atoms with E-state index in [0.29, 0.717) is 22.5 Å². The maximum absolute atomic E-state index is 12.8. The van der Waals surface area contributed by atoms with Crippen LogP contribution in [0.15, 0.2) is 18.2 Å². The van der Waals surface area contributed by atoms with Crippen LogP contribution in [0.5, 0.6) is 0 Å². The molecule has 0 N–H and O–H groups in total. The zero-order valence-electron chi connectivity index (χ0n) is 13.6. The Balaban J connectivity index is 1.73. The van der Waals surface area contributed by atoms with Gasteiger partial charge in [-0.1, -0.05) is 29.3 Å². The molecule has 0 radical (unpaired) electrons. The molecule has 3 rings (SSSR count). The summed E-state index contributed by atoms with van der Waals surface area (Å²) in [6.07, 6.45) is 1.50. The summed E-state index contributed by atoms with van der Waals surface area (Å²) in [6, 6.07) is 6.15. The summed E-state index contributed by atoms with van der Waals surface area (Å²) in [4.78, 5) is 19.6. The van der Waals surface area contributed by atoms with Gasteiger partial charge < -0.3 is 9.80 Å². The van der Waals surface area contributed by atoms with Gasteiger partial charge in [-0.2, -0.15) is 0 Å². The van der Waals surface area contributed by atoms with Crippen LogP contribution in [0.3, 0.4) is 0 Å². The molecule has 2 saturated heterocycles. The van der Waals surface area contributed by atoms with Crippen LogP contribution in [-0.2, 0) is 11.2 Å². The largest absolute Gasteiger partial charge is 0.335 e. The zero-order valence-corrected chi connectivity index (χ0v) is 15.1. The monoisotopic (exact) mass is 355 g/mol. The van der Waals surface area contributed by atoms with Crippen molar-refractivity contribution in [2.75, 3.05) is 40.3 Å². The van der Waals surface area contributed by atoms with Crippen molar-refractivity contribution in [3.8, 4) is 0 Å². The summed E-state index contributed by atoms with van der Waals surface area (Å²) in [5.41, 5.74) is 0.920. The normalized spacial score (nSPS) is 27.3. The highest BCUT2D eigenvalue weighted by Crippen LogP contribution is 2.26. The van der Waals surface area contributed by atoms with E-state index in [-0.39, 0.29) is 11.9 Å².